The lowest BCUT2D eigenvalue weighted by Crippen LogP contribution is -2.03. The maximum Gasteiger partial charge on any atom is 0.119 e. The Balaban J connectivity index is 1.82. The smallest absolute Gasteiger partial charge is 0.119 e. The van der Waals surface area contributed by atoms with Crippen LogP contribution in [0.2, 0.25) is 0 Å². The van der Waals surface area contributed by atoms with E-state index in [-0.39, 0.29) is 0 Å². The summed E-state index contributed by atoms with van der Waals surface area (Å²) in [7, 11) is 0. The summed E-state index contributed by atoms with van der Waals surface area (Å²) in [6, 6.07) is 15.7. The lowest BCUT2D eigenvalue weighted by Gasteiger charge is -2.13. The zero-order valence-corrected chi connectivity index (χ0v) is 13.0. The third kappa shape index (κ3) is 4.52. The van der Waals surface area contributed by atoms with Crippen LogP contribution in [0.4, 0.5) is 0 Å². The highest BCUT2D eigenvalue weighted by atomic mass is 16.5. The summed E-state index contributed by atoms with van der Waals surface area (Å²) in [6.45, 7) is 7.26. The highest BCUT2D eigenvalue weighted by Gasteiger charge is 2.06. The minimum absolute atomic E-state index is 0.312. The quantitative estimate of drug-likeness (QED) is 0.800. The molecule has 1 unspecified atom stereocenters. The summed E-state index contributed by atoms with van der Waals surface area (Å²) in [5.41, 5.74) is 2.56. The minimum Gasteiger partial charge on any atom is -0.508 e. The average molecular weight is 284 g/mol. The fourth-order valence-corrected chi connectivity index (χ4v) is 2.27. The van der Waals surface area contributed by atoms with Gasteiger partial charge in [-0.1, -0.05) is 45.0 Å². The first-order valence-electron chi connectivity index (χ1n) is 7.58. The molecule has 0 aromatic heterocycles. The zero-order valence-electron chi connectivity index (χ0n) is 13.0. The molecule has 1 N–H and O–H groups in total. The fraction of sp³-hybridized carbons (Fsp3) is 0.368. The van der Waals surface area contributed by atoms with E-state index in [2.05, 4.69) is 32.9 Å². The van der Waals surface area contributed by atoms with Crippen LogP contribution in [0.25, 0.3) is 0 Å². The molecular formula is C19H24O2. The molecule has 2 rings (SSSR count). The molecule has 0 radical (unpaired) electrons. The molecule has 112 valence electrons. The second-order valence-electron chi connectivity index (χ2n) is 5.85. The number of phenolic OH excluding ortho intramolecular Hbond substituents is 1. The number of hydrogen-bond acceptors (Lipinski definition) is 2. The number of aromatic hydroxyl groups is 1. The van der Waals surface area contributed by atoms with Crippen LogP contribution in [0, 0.1) is 0 Å². The number of rotatable bonds is 6. The van der Waals surface area contributed by atoms with Crippen molar-refractivity contribution in [3.05, 3.63) is 59.7 Å². The first kappa shape index (κ1) is 15.4. The van der Waals surface area contributed by atoms with E-state index in [9.17, 15) is 5.11 Å². The molecule has 0 aliphatic carbocycles. The van der Waals surface area contributed by atoms with E-state index in [4.69, 9.17) is 4.74 Å². The summed E-state index contributed by atoms with van der Waals surface area (Å²) >= 11 is 0. The molecule has 2 heteroatoms. The second kappa shape index (κ2) is 7.16. The third-order valence-corrected chi connectivity index (χ3v) is 3.83. The van der Waals surface area contributed by atoms with E-state index in [0.29, 0.717) is 24.2 Å². The molecule has 2 aromatic carbocycles. The highest BCUT2D eigenvalue weighted by molar-refractivity contribution is 5.29. The summed E-state index contributed by atoms with van der Waals surface area (Å²) < 4.78 is 5.81. The van der Waals surface area contributed by atoms with Gasteiger partial charge in [0, 0.05) is 0 Å². The van der Waals surface area contributed by atoms with E-state index < -0.39 is 0 Å². The van der Waals surface area contributed by atoms with Gasteiger partial charge >= 0.3 is 0 Å². The van der Waals surface area contributed by atoms with E-state index in [1.807, 2.05) is 24.3 Å². The van der Waals surface area contributed by atoms with Crippen LogP contribution in [-0.2, 0) is 0 Å². The normalized spacial score (nSPS) is 12.4. The van der Waals surface area contributed by atoms with Gasteiger partial charge in [-0.15, -0.1) is 0 Å². The molecule has 2 aromatic rings. The van der Waals surface area contributed by atoms with Crippen LogP contribution in [0.1, 0.15) is 50.2 Å². The Morgan fingerprint density at radius 2 is 1.43 bits per heavy atom. The molecule has 0 aliphatic rings. The number of ether oxygens (including phenoxy) is 1. The van der Waals surface area contributed by atoms with Crippen LogP contribution in [0.5, 0.6) is 11.5 Å². The first-order valence-corrected chi connectivity index (χ1v) is 7.58. The molecule has 0 amide bonds. The van der Waals surface area contributed by atoms with Gasteiger partial charge in [0.1, 0.15) is 11.5 Å². The lowest BCUT2D eigenvalue weighted by atomic mass is 9.98. The van der Waals surface area contributed by atoms with Gasteiger partial charge in [0.2, 0.25) is 0 Å². The minimum atomic E-state index is 0.312. The van der Waals surface area contributed by atoms with Gasteiger partial charge in [-0.3, -0.25) is 0 Å². The Hall–Kier alpha value is -1.96. The van der Waals surface area contributed by atoms with Gasteiger partial charge in [0.15, 0.2) is 0 Å². The fourth-order valence-electron chi connectivity index (χ4n) is 2.27. The first-order chi connectivity index (χ1) is 10.1. The third-order valence-electron chi connectivity index (χ3n) is 3.83. The van der Waals surface area contributed by atoms with Gasteiger partial charge in [-0.05, 0) is 53.6 Å². The maximum absolute atomic E-state index is 9.30. The Morgan fingerprint density at radius 1 is 0.857 bits per heavy atom. The predicted octanol–water partition coefficient (Wildman–Crippen LogP) is 5.09. The Labute approximate surface area is 127 Å². The van der Waals surface area contributed by atoms with Gasteiger partial charge < -0.3 is 9.84 Å². The average Bonchev–Trinajstić information content (AvgIpc) is 2.48. The van der Waals surface area contributed by atoms with Gasteiger partial charge in [-0.25, -0.2) is 0 Å². The molecule has 0 spiro atoms. The van der Waals surface area contributed by atoms with Crippen molar-refractivity contribution in [2.45, 2.75) is 39.0 Å². The van der Waals surface area contributed by atoms with E-state index in [0.717, 1.165) is 12.2 Å². The zero-order chi connectivity index (χ0) is 15.2. The van der Waals surface area contributed by atoms with Crippen LogP contribution in [0.15, 0.2) is 48.5 Å². The second-order valence-corrected chi connectivity index (χ2v) is 5.85. The Bertz CT molecular complexity index is 541. The molecule has 0 fully saturated rings. The SMILES string of the molecule is CC(C)c1ccc(OCCC(C)c2ccc(O)cc2)cc1. The number of hydrogen-bond donors (Lipinski definition) is 1. The van der Waals surface area contributed by atoms with Crippen molar-refractivity contribution in [1.82, 2.24) is 0 Å². The molecule has 0 saturated carbocycles. The monoisotopic (exact) mass is 284 g/mol. The van der Waals surface area contributed by atoms with Crippen LogP contribution < -0.4 is 4.74 Å². The molecule has 1 atom stereocenters. The molecule has 2 nitrogen and oxygen atoms in total. The predicted molar refractivity (Wildman–Crippen MR) is 87.2 cm³/mol. The Morgan fingerprint density at radius 3 is 2.00 bits per heavy atom. The van der Waals surface area contributed by atoms with E-state index in [1.165, 1.54) is 11.1 Å². The summed E-state index contributed by atoms with van der Waals surface area (Å²) in [5, 5.41) is 9.30. The van der Waals surface area contributed by atoms with Crippen molar-refractivity contribution < 1.29 is 9.84 Å². The largest absolute Gasteiger partial charge is 0.508 e. The van der Waals surface area contributed by atoms with Gasteiger partial charge in [-0.2, -0.15) is 0 Å². The molecule has 0 aliphatic heterocycles. The van der Waals surface area contributed by atoms with Gasteiger partial charge in [0.05, 0.1) is 6.61 Å². The Kier molecular flexibility index (Phi) is 5.26. The summed E-state index contributed by atoms with van der Waals surface area (Å²) in [6.07, 6.45) is 0.955. The van der Waals surface area contributed by atoms with Crippen molar-refractivity contribution in [2.24, 2.45) is 0 Å². The lowest BCUT2D eigenvalue weighted by molar-refractivity contribution is 0.300. The highest BCUT2D eigenvalue weighted by Crippen LogP contribution is 2.23. The van der Waals surface area contributed by atoms with E-state index in [1.54, 1.807) is 12.1 Å². The van der Waals surface area contributed by atoms with Crippen LogP contribution >= 0.6 is 0 Å². The molecule has 0 bridgehead atoms. The van der Waals surface area contributed by atoms with Crippen molar-refractivity contribution in [2.75, 3.05) is 6.61 Å². The van der Waals surface area contributed by atoms with Crippen LogP contribution in [0.3, 0.4) is 0 Å². The number of phenols is 1. The summed E-state index contributed by atoms with van der Waals surface area (Å²) in [4.78, 5) is 0. The number of benzene rings is 2. The topological polar surface area (TPSA) is 29.5 Å². The van der Waals surface area contributed by atoms with Crippen molar-refractivity contribution in [3.63, 3.8) is 0 Å². The molecule has 0 heterocycles. The van der Waals surface area contributed by atoms with Gasteiger partial charge in [0.25, 0.3) is 0 Å². The molecule has 0 saturated heterocycles. The summed E-state index contributed by atoms with van der Waals surface area (Å²) in [5.74, 6) is 2.21. The van der Waals surface area contributed by atoms with Crippen molar-refractivity contribution in [1.29, 1.82) is 0 Å². The maximum atomic E-state index is 9.30. The van der Waals surface area contributed by atoms with Crippen molar-refractivity contribution >= 4 is 0 Å². The molecule has 21 heavy (non-hydrogen) atoms. The van der Waals surface area contributed by atoms with Crippen LogP contribution in [-0.4, -0.2) is 11.7 Å². The van der Waals surface area contributed by atoms with E-state index >= 15 is 0 Å². The molecular weight excluding hydrogens is 260 g/mol. The standard InChI is InChI=1S/C19H24O2/c1-14(2)16-6-10-19(11-7-16)21-13-12-15(3)17-4-8-18(20)9-5-17/h4-11,14-15,20H,12-13H2,1-3H3. The van der Waals surface area contributed by atoms with Crippen molar-refractivity contribution in [3.8, 4) is 11.5 Å².